The molecule has 1 aromatic rings. The summed E-state index contributed by atoms with van der Waals surface area (Å²) in [5, 5.41) is 2.66. The lowest BCUT2D eigenvalue weighted by molar-refractivity contribution is -0.120. The summed E-state index contributed by atoms with van der Waals surface area (Å²) in [6.07, 6.45) is 1.37. The van der Waals surface area contributed by atoms with Gasteiger partial charge in [0.2, 0.25) is 22.7 Å². The maximum absolute atomic E-state index is 11.7. The smallest absolute Gasteiger partial charge is 0.235 e. The molecule has 2 rings (SSSR count). The van der Waals surface area contributed by atoms with Crippen molar-refractivity contribution in [2.45, 2.75) is 26.3 Å². The van der Waals surface area contributed by atoms with Crippen LogP contribution in [0.5, 0.6) is 11.5 Å². The molecular formula is C14H20N2O5S. The third kappa shape index (κ3) is 4.88. The summed E-state index contributed by atoms with van der Waals surface area (Å²) in [7, 11) is -3.38. The number of hydrogen-bond acceptors (Lipinski definition) is 5. The summed E-state index contributed by atoms with van der Waals surface area (Å²) in [5.74, 6) is 0.988. The Hall–Kier alpha value is -1.80. The molecule has 0 atom stereocenters. The van der Waals surface area contributed by atoms with Gasteiger partial charge in [0.05, 0.1) is 12.3 Å². The lowest BCUT2D eigenvalue weighted by Gasteiger charge is -2.08. The molecular weight excluding hydrogens is 308 g/mol. The summed E-state index contributed by atoms with van der Waals surface area (Å²) in [6.45, 7) is 2.15. The number of benzene rings is 1. The van der Waals surface area contributed by atoms with Crippen LogP contribution in [0.4, 0.5) is 0 Å². The molecule has 0 saturated heterocycles. The molecule has 0 spiro atoms. The number of sulfonamides is 1. The van der Waals surface area contributed by atoms with Gasteiger partial charge in [0, 0.05) is 6.54 Å². The molecule has 7 nitrogen and oxygen atoms in total. The Kier molecular flexibility index (Phi) is 5.62. The number of amides is 1. The Labute approximate surface area is 130 Å². The van der Waals surface area contributed by atoms with E-state index >= 15 is 0 Å². The fraction of sp³-hybridized carbons (Fsp3) is 0.500. The Bertz CT molecular complexity index is 630. The summed E-state index contributed by atoms with van der Waals surface area (Å²) in [4.78, 5) is 11.7. The molecule has 0 unspecified atom stereocenters. The van der Waals surface area contributed by atoms with E-state index in [1.54, 1.807) is 12.1 Å². The quantitative estimate of drug-likeness (QED) is 0.734. The molecule has 122 valence electrons. The Morgan fingerprint density at radius 1 is 1.27 bits per heavy atom. The molecule has 0 saturated carbocycles. The number of fused-ring (bicyclic) bond motifs is 1. The van der Waals surface area contributed by atoms with Crippen LogP contribution in [-0.2, 0) is 21.4 Å². The predicted octanol–water partition coefficient (Wildman–Crippen LogP) is 0.751. The minimum atomic E-state index is -3.38. The molecule has 8 heteroatoms. The highest BCUT2D eigenvalue weighted by Gasteiger charge is 2.14. The average Bonchev–Trinajstić information content (AvgIpc) is 2.96. The van der Waals surface area contributed by atoms with Gasteiger partial charge in [0.25, 0.3) is 0 Å². The van der Waals surface area contributed by atoms with E-state index in [0.717, 1.165) is 12.0 Å². The first-order valence-electron chi connectivity index (χ1n) is 7.13. The number of nitrogens with one attached hydrogen (secondary N) is 2. The second kappa shape index (κ2) is 7.46. The van der Waals surface area contributed by atoms with Crippen LogP contribution in [0.3, 0.4) is 0 Å². The van der Waals surface area contributed by atoms with Crippen LogP contribution in [0, 0.1) is 0 Å². The molecule has 0 aliphatic carbocycles. The van der Waals surface area contributed by atoms with Gasteiger partial charge in [-0.25, -0.2) is 13.1 Å². The van der Waals surface area contributed by atoms with Crippen LogP contribution >= 0.6 is 0 Å². The second-order valence-corrected chi connectivity index (χ2v) is 6.88. The van der Waals surface area contributed by atoms with E-state index in [4.69, 9.17) is 9.47 Å². The van der Waals surface area contributed by atoms with Crippen molar-refractivity contribution in [2.75, 3.05) is 19.1 Å². The standard InChI is InChI=1S/C14H20N2O5S/c1-2-3-6-22(18,19)16-9-14(17)15-8-11-4-5-12-13(7-11)21-10-20-12/h4-5,7,16H,2-3,6,8-10H2,1H3,(H,15,17). The lowest BCUT2D eigenvalue weighted by Crippen LogP contribution is -2.37. The van der Waals surface area contributed by atoms with E-state index in [9.17, 15) is 13.2 Å². The summed E-state index contributed by atoms with van der Waals surface area (Å²) >= 11 is 0. The molecule has 0 aromatic heterocycles. The Morgan fingerprint density at radius 2 is 2.05 bits per heavy atom. The van der Waals surface area contributed by atoms with Crippen LogP contribution in [0.2, 0.25) is 0 Å². The average molecular weight is 328 g/mol. The molecule has 0 bridgehead atoms. The molecule has 0 radical (unpaired) electrons. The molecule has 1 aliphatic rings. The largest absolute Gasteiger partial charge is 0.454 e. The van der Waals surface area contributed by atoms with Gasteiger partial charge in [-0.2, -0.15) is 0 Å². The zero-order chi connectivity index (χ0) is 16.0. The van der Waals surface area contributed by atoms with Gasteiger partial charge >= 0.3 is 0 Å². The fourth-order valence-corrected chi connectivity index (χ4v) is 3.06. The number of carbonyl (C=O) groups is 1. The van der Waals surface area contributed by atoms with Crippen molar-refractivity contribution in [1.82, 2.24) is 10.0 Å². The fourth-order valence-electron chi connectivity index (χ4n) is 1.90. The first-order valence-corrected chi connectivity index (χ1v) is 8.78. The van der Waals surface area contributed by atoms with Crippen LogP contribution in [0.25, 0.3) is 0 Å². The highest BCUT2D eigenvalue weighted by atomic mass is 32.2. The van der Waals surface area contributed by atoms with Gasteiger partial charge < -0.3 is 14.8 Å². The van der Waals surface area contributed by atoms with E-state index in [0.29, 0.717) is 24.5 Å². The predicted molar refractivity (Wildman–Crippen MR) is 81.1 cm³/mol. The molecule has 1 amide bonds. The topological polar surface area (TPSA) is 93.7 Å². The van der Waals surface area contributed by atoms with Gasteiger partial charge in [-0.3, -0.25) is 4.79 Å². The van der Waals surface area contributed by atoms with Crippen molar-refractivity contribution in [3.05, 3.63) is 23.8 Å². The maximum Gasteiger partial charge on any atom is 0.235 e. The minimum Gasteiger partial charge on any atom is -0.454 e. The maximum atomic E-state index is 11.7. The van der Waals surface area contributed by atoms with Crippen LogP contribution in [-0.4, -0.2) is 33.4 Å². The normalized spacial score (nSPS) is 13.1. The van der Waals surface area contributed by atoms with E-state index in [1.165, 1.54) is 0 Å². The highest BCUT2D eigenvalue weighted by Crippen LogP contribution is 2.32. The summed E-state index contributed by atoms with van der Waals surface area (Å²) < 4.78 is 35.9. The monoisotopic (exact) mass is 328 g/mol. The third-order valence-corrected chi connectivity index (χ3v) is 4.56. The SMILES string of the molecule is CCCCS(=O)(=O)NCC(=O)NCc1ccc2c(c1)OCO2. The van der Waals surface area contributed by atoms with E-state index in [-0.39, 0.29) is 25.0 Å². The van der Waals surface area contributed by atoms with E-state index in [2.05, 4.69) is 10.0 Å². The zero-order valence-electron chi connectivity index (χ0n) is 12.4. The van der Waals surface area contributed by atoms with Gasteiger partial charge in [-0.05, 0) is 24.1 Å². The first kappa shape index (κ1) is 16.6. The molecule has 0 fully saturated rings. The van der Waals surface area contributed by atoms with Crippen molar-refractivity contribution in [3.63, 3.8) is 0 Å². The highest BCUT2D eigenvalue weighted by molar-refractivity contribution is 7.89. The Balaban J connectivity index is 1.76. The van der Waals surface area contributed by atoms with Crippen molar-refractivity contribution >= 4 is 15.9 Å². The van der Waals surface area contributed by atoms with Crippen LogP contribution < -0.4 is 19.5 Å². The van der Waals surface area contributed by atoms with E-state index < -0.39 is 10.0 Å². The molecule has 1 aromatic carbocycles. The minimum absolute atomic E-state index is 0.0406. The number of ether oxygens (including phenoxy) is 2. The van der Waals surface area contributed by atoms with Crippen molar-refractivity contribution < 1.29 is 22.7 Å². The van der Waals surface area contributed by atoms with Gasteiger partial charge in [-0.1, -0.05) is 19.4 Å². The Morgan fingerprint density at radius 3 is 2.82 bits per heavy atom. The molecule has 2 N–H and O–H groups in total. The van der Waals surface area contributed by atoms with Gasteiger partial charge in [0.15, 0.2) is 11.5 Å². The van der Waals surface area contributed by atoms with Gasteiger partial charge in [0.1, 0.15) is 0 Å². The van der Waals surface area contributed by atoms with Crippen molar-refractivity contribution in [2.24, 2.45) is 0 Å². The number of hydrogen-bond donors (Lipinski definition) is 2. The number of rotatable bonds is 8. The summed E-state index contributed by atoms with van der Waals surface area (Å²) in [5.41, 5.74) is 0.853. The zero-order valence-corrected chi connectivity index (χ0v) is 13.2. The number of carbonyl (C=O) groups excluding carboxylic acids is 1. The summed E-state index contributed by atoms with van der Waals surface area (Å²) in [6, 6.07) is 5.38. The first-order chi connectivity index (χ1) is 10.5. The second-order valence-electron chi connectivity index (χ2n) is 4.96. The van der Waals surface area contributed by atoms with Gasteiger partial charge in [-0.15, -0.1) is 0 Å². The van der Waals surface area contributed by atoms with E-state index in [1.807, 2.05) is 13.0 Å². The number of unbranched alkanes of at least 4 members (excludes halogenated alkanes) is 1. The molecule has 1 heterocycles. The van der Waals surface area contributed by atoms with Crippen LogP contribution in [0.15, 0.2) is 18.2 Å². The third-order valence-electron chi connectivity index (χ3n) is 3.15. The van der Waals surface area contributed by atoms with Crippen molar-refractivity contribution in [1.29, 1.82) is 0 Å². The molecule has 22 heavy (non-hydrogen) atoms. The van der Waals surface area contributed by atoms with Crippen molar-refractivity contribution in [3.8, 4) is 11.5 Å². The lowest BCUT2D eigenvalue weighted by atomic mass is 10.2. The molecule has 1 aliphatic heterocycles. The van der Waals surface area contributed by atoms with Crippen LogP contribution in [0.1, 0.15) is 25.3 Å².